The van der Waals surface area contributed by atoms with Gasteiger partial charge >= 0.3 is 0 Å². The molecule has 0 bridgehead atoms. The predicted molar refractivity (Wildman–Crippen MR) is 83.9 cm³/mol. The lowest BCUT2D eigenvalue weighted by atomic mass is 10.1. The van der Waals surface area contributed by atoms with Crippen LogP contribution < -0.4 is 11.1 Å². The lowest BCUT2D eigenvalue weighted by molar-refractivity contribution is 0.919. The summed E-state index contributed by atoms with van der Waals surface area (Å²) in [6, 6.07) is 8.44. The predicted octanol–water partition coefficient (Wildman–Crippen LogP) is 2.89. The minimum Gasteiger partial charge on any atom is -0.383 e. The Labute approximate surface area is 120 Å². The average molecular weight is 270 g/mol. The lowest BCUT2D eigenvalue weighted by Crippen LogP contribution is -2.12. The number of anilines is 2. The summed E-state index contributed by atoms with van der Waals surface area (Å²) in [6.07, 6.45) is 1.76. The third-order valence-corrected chi connectivity index (χ3v) is 3.49. The minimum absolute atomic E-state index is 0.565. The summed E-state index contributed by atoms with van der Waals surface area (Å²) in [7, 11) is 0. The minimum atomic E-state index is 0.565. The number of aromatic nitrogens is 2. The van der Waals surface area contributed by atoms with Gasteiger partial charge in [-0.25, -0.2) is 9.97 Å². The number of hydrogen-bond acceptors (Lipinski definition) is 4. The van der Waals surface area contributed by atoms with Crippen molar-refractivity contribution in [3.05, 3.63) is 46.8 Å². The van der Waals surface area contributed by atoms with Crippen LogP contribution in [0.1, 0.15) is 29.4 Å². The highest BCUT2D eigenvalue weighted by Gasteiger charge is 2.07. The average Bonchev–Trinajstić information content (AvgIpc) is 2.45. The normalized spacial score (nSPS) is 10.6. The van der Waals surface area contributed by atoms with Crippen molar-refractivity contribution in [1.82, 2.24) is 9.97 Å². The second-order valence-electron chi connectivity index (χ2n) is 4.96. The molecule has 0 aliphatic rings. The molecule has 4 nitrogen and oxygen atoms in total. The van der Waals surface area contributed by atoms with Gasteiger partial charge in [-0.3, -0.25) is 0 Å². The molecule has 1 heterocycles. The van der Waals surface area contributed by atoms with Gasteiger partial charge in [0.05, 0.1) is 0 Å². The molecule has 0 fully saturated rings. The summed E-state index contributed by atoms with van der Waals surface area (Å²) in [6.45, 7) is 6.95. The van der Waals surface area contributed by atoms with E-state index in [1.807, 2.05) is 13.8 Å². The number of rotatable bonds is 5. The van der Waals surface area contributed by atoms with Crippen LogP contribution in [0.5, 0.6) is 0 Å². The van der Waals surface area contributed by atoms with E-state index in [0.29, 0.717) is 5.82 Å². The Morgan fingerprint density at radius 1 is 1.15 bits per heavy atom. The number of nitrogens with zero attached hydrogens (tertiary/aromatic N) is 2. The molecule has 0 radical (unpaired) electrons. The summed E-state index contributed by atoms with van der Waals surface area (Å²) in [4.78, 5) is 8.76. The van der Waals surface area contributed by atoms with E-state index in [4.69, 9.17) is 5.73 Å². The van der Waals surface area contributed by atoms with Gasteiger partial charge in [-0.05, 0) is 31.4 Å². The van der Waals surface area contributed by atoms with Crippen molar-refractivity contribution in [3.8, 4) is 0 Å². The quantitative estimate of drug-likeness (QED) is 0.877. The van der Waals surface area contributed by atoms with Crippen LogP contribution in [-0.4, -0.2) is 16.5 Å². The van der Waals surface area contributed by atoms with Crippen LogP contribution in [0.25, 0.3) is 0 Å². The first kappa shape index (κ1) is 14.3. The maximum Gasteiger partial charge on any atom is 0.134 e. The van der Waals surface area contributed by atoms with Crippen molar-refractivity contribution in [1.29, 1.82) is 0 Å². The molecule has 1 aromatic heterocycles. The molecule has 0 atom stereocenters. The maximum absolute atomic E-state index is 5.91. The summed E-state index contributed by atoms with van der Waals surface area (Å²) < 4.78 is 0. The number of nitrogens with two attached hydrogens (primary N) is 1. The number of nitrogen functional groups attached to an aromatic ring is 1. The fourth-order valence-electron chi connectivity index (χ4n) is 2.12. The Hall–Kier alpha value is -2.10. The van der Waals surface area contributed by atoms with Crippen molar-refractivity contribution < 1.29 is 0 Å². The van der Waals surface area contributed by atoms with E-state index in [-0.39, 0.29) is 0 Å². The number of benzene rings is 1. The van der Waals surface area contributed by atoms with E-state index in [2.05, 4.69) is 46.5 Å². The van der Waals surface area contributed by atoms with E-state index >= 15 is 0 Å². The van der Waals surface area contributed by atoms with Crippen LogP contribution in [-0.2, 0) is 12.8 Å². The second-order valence-corrected chi connectivity index (χ2v) is 4.96. The highest BCUT2D eigenvalue weighted by molar-refractivity contribution is 5.54. The molecule has 0 spiro atoms. The van der Waals surface area contributed by atoms with Crippen molar-refractivity contribution >= 4 is 11.6 Å². The van der Waals surface area contributed by atoms with Gasteiger partial charge in [0.25, 0.3) is 0 Å². The maximum atomic E-state index is 5.91. The van der Waals surface area contributed by atoms with E-state index < -0.39 is 0 Å². The largest absolute Gasteiger partial charge is 0.383 e. The topological polar surface area (TPSA) is 63.8 Å². The second kappa shape index (κ2) is 6.37. The van der Waals surface area contributed by atoms with E-state index in [9.17, 15) is 0 Å². The van der Waals surface area contributed by atoms with Crippen molar-refractivity contribution in [3.63, 3.8) is 0 Å². The Morgan fingerprint density at radius 2 is 1.90 bits per heavy atom. The van der Waals surface area contributed by atoms with Gasteiger partial charge in [-0.1, -0.05) is 31.2 Å². The molecule has 20 heavy (non-hydrogen) atoms. The summed E-state index contributed by atoms with van der Waals surface area (Å²) >= 11 is 0. The molecule has 0 saturated heterocycles. The molecular formula is C16H22N4. The standard InChI is InChI=1S/C16H22N4/c1-4-14-19-15(17)12(3)16(20-14)18-10-9-13-8-6-5-7-11(13)2/h5-8H,4,9-10H2,1-3H3,(H3,17,18,19,20). The SMILES string of the molecule is CCc1nc(N)c(C)c(NCCc2ccccc2C)n1. The van der Waals surface area contributed by atoms with Crippen LogP contribution in [0.4, 0.5) is 11.6 Å². The van der Waals surface area contributed by atoms with Gasteiger partial charge < -0.3 is 11.1 Å². The molecule has 0 aliphatic carbocycles. The zero-order valence-corrected chi connectivity index (χ0v) is 12.4. The highest BCUT2D eigenvalue weighted by atomic mass is 15.1. The molecule has 0 amide bonds. The molecule has 0 aliphatic heterocycles. The van der Waals surface area contributed by atoms with Crippen molar-refractivity contribution in [2.45, 2.75) is 33.6 Å². The molecule has 2 rings (SSSR count). The Bertz CT molecular complexity index is 593. The number of hydrogen-bond donors (Lipinski definition) is 2. The number of nitrogens with one attached hydrogen (secondary N) is 1. The zero-order valence-electron chi connectivity index (χ0n) is 12.4. The third kappa shape index (κ3) is 3.26. The summed E-state index contributed by atoms with van der Waals surface area (Å²) in [5, 5.41) is 3.37. The summed E-state index contributed by atoms with van der Waals surface area (Å²) in [5.41, 5.74) is 9.51. The molecule has 3 N–H and O–H groups in total. The smallest absolute Gasteiger partial charge is 0.134 e. The van der Waals surface area contributed by atoms with Crippen LogP contribution >= 0.6 is 0 Å². The van der Waals surface area contributed by atoms with Crippen molar-refractivity contribution in [2.24, 2.45) is 0 Å². The van der Waals surface area contributed by atoms with Crippen LogP contribution in [0.2, 0.25) is 0 Å². The molecule has 1 aromatic carbocycles. The van der Waals surface area contributed by atoms with Gasteiger partial charge in [0.2, 0.25) is 0 Å². The third-order valence-electron chi connectivity index (χ3n) is 3.49. The molecule has 4 heteroatoms. The van der Waals surface area contributed by atoms with Crippen LogP contribution in [0, 0.1) is 13.8 Å². The first-order valence-electron chi connectivity index (χ1n) is 7.03. The van der Waals surface area contributed by atoms with Crippen LogP contribution in [0.15, 0.2) is 24.3 Å². The first-order valence-corrected chi connectivity index (χ1v) is 7.03. The molecular weight excluding hydrogens is 248 g/mol. The Morgan fingerprint density at radius 3 is 2.60 bits per heavy atom. The summed E-state index contributed by atoms with van der Waals surface area (Å²) in [5.74, 6) is 2.20. The molecule has 0 unspecified atom stereocenters. The van der Waals surface area contributed by atoms with E-state index in [1.165, 1.54) is 11.1 Å². The first-order chi connectivity index (χ1) is 9.61. The van der Waals surface area contributed by atoms with E-state index in [0.717, 1.165) is 36.6 Å². The monoisotopic (exact) mass is 270 g/mol. The van der Waals surface area contributed by atoms with Crippen molar-refractivity contribution in [2.75, 3.05) is 17.6 Å². The zero-order chi connectivity index (χ0) is 14.5. The van der Waals surface area contributed by atoms with Gasteiger partial charge in [0, 0.05) is 18.5 Å². The van der Waals surface area contributed by atoms with Gasteiger partial charge in [0.15, 0.2) is 0 Å². The molecule has 0 saturated carbocycles. The van der Waals surface area contributed by atoms with E-state index in [1.54, 1.807) is 0 Å². The Kier molecular flexibility index (Phi) is 4.56. The number of aryl methyl sites for hydroxylation is 2. The fraction of sp³-hybridized carbons (Fsp3) is 0.375. The fourth-order valence-corrected chi connectivity index (χ4v) is 2.12. The lowest BCUT2D eigenvalue weighted by Gasteiger charge is -2.12. The van der Waals surface area contributed by atoms with Gasteiger partial charge in [-0.15, -0.1) is 0 Å². The van der Waals surface area contributed by atoms with Gasteiger partial charge in [0.1, 0.15) is 17.5 Å². The Balaban J connectivity index is 2.04. The highest BCUT2D eigenvalue weighted by Crippen LogP contribution is 2.17. The molecule has 106 valence electrons. The molecule has 2 aromatic rings. The van der Waals surface area contributed by atoms with Crippen LogP contribution in [0.3, 0.4) is 0 Å². The van der Waals surface area contributed by atoms with Gasteiger partial charge in [-0.2, -0.15) is 0 Å².